The van der Waals surface area contributed by atoms with E-state index in [1.54, 1.807) is 41.2 Å². The molecule has 1 N–H and O–H groups in total. The van der Waals surface area contributed by atoms with Crippen LogP contribution in [0, 0.1) is 18.6 Å². The van der Waals surface area contributed by atoms with E-state index in [0.29, 0.717) is 23.1 Å². The van der Waals surface area contributed by atoms with Crippen LogP contribution in [-0.2, 0) is 6.54 Å². The van der Waals surface area contributed by atoms with E-state index in [4.69, 9.17) is 0 Å². The molecule has 5 rings (SSSR count). The summed E-state index contributed by atoms with van der Waals surface area (Å²) in [7, 11) is 0. The molecule has 8 heteroatoms. The summed E-state index contributed by atoms with van der Waals surface area (Å²) in [4.78, 5) is 8.79. The highest BCUT2D eigenvalue weighted by molar-refractivity contribution is 5.56. The maximum atomic E-state index is 14.7. The predicted octanol–water partition coefficient (Wildman–Crippen LogP) is 4.72. The van der Waals surface area contributed by atoms with E-state index < -0.39 is 0 Å². The Balaban J connectivity index is 1.41. The van der Waals surface area contributed by atoms with Gasteiger partial charge in [-0.1, -0.05) is 12.1 Å². The first-order valence-corrected chi connectivity index (χ1v) is 9.85. The van der Waals surface area contributed by atoms with E-state index in [2.05, 4.69) is 20.4 Å². The molecule has 0 amide bonds. The Labute approximate surface area is 172 Å². The fraction of sp³-hybridized carbons (Fsp3) is 0.227. The SMILES string of the molecule is Cc1nccn1-c1ccc(Nc2nc3n(n2)CCC[C@@H]3c2ccc(F)cc2)cc1F. The zero-order valence-corrected chi connectivity index (χ0v) is 16.4. The highest BCUT2D eigenvalue weighted by Gasteiger charge is 2.26. The van der Waals surface area contributed by atoms with Gasteiger partial charge in [-0.15, -0.1) is 5.10 Å². The average Bonchev–Trinajstić information content (AvgIpc) is 3.34. The molecule has 0 aliphatic carbocycles. The number of hydrogen-bond donors (Lipinski definition) is 1. The van der Waals surface area contributed by atoms with E-state index in [9.17, 15) is 8.78 Å². The summed E-state index contributed by atoms with van der Waals surface area (Å²) in [5.41, 5.74) is 2.02. The van der Waals surface area contributed by atoms with Gasteiger partial charge < -0.3 is 9.88 Å². The number of aromatic nitrogens is 5. The quantitative estimate of drug-likeness (QED) is 0.533. The van der Waals surface area contributed by atoms with Crippen molar-refractivity contribution in [2.24, 2.45) is 0 Å². The zero-order chi connectivity index (χ0) is 20.7. The minimum absolute atomic E-state index is 0.0609. The first kappa shape index (κ1) is 18.5. The standard InChI is InChI=1S/C22H20F2N6/c1-14-25-10-12-29(14)20-9-8-17(13-19(20)24)26-22-27-21-18(3-2-11-30(21)28-22)15-4-6-16(23)7-5-15/h4-10,12-13,18H,2-3,11H2,1H3,(H,26,28)/t18-/m1/s1. The van der Waals surface area contributed by atoms with E-state index in [1.807, 2.05) is 11.6 Å². The Morgan fingerprint density at radius 2 is 1.93 bits per heavy atom. The number of benzene rings is 2. The lowest BCUT2D eigenvalue weighted by Gasteiger charge is -2.22. The molecule has 0 saturated carbocycles. The van der Waals surface area contributed by atoms with Crippen LogP contribution in [0.2, 0.25) is 0 Å². The van der Waals surface area contributed by atoms with Crippen LogP contribution in [0.5, 0.6) is 0 Å². The molecule has 2 aromatic carbocycles. The Morgan fingerprint density at radius 1 is 1.10 bits per heavy atom. The topological polar surface area (TPSA) is 60.6 Å². The highest BCUT2D eigenvalue weighted by Crippen LogP contribution is 2.33. The van der Waals surface area contributed by atoms with Gasteiger partial charge in [-0.05, 0) is 55.7 Å². The van der Waals surface area contributed by atoms with Crippen molar-refractivity contribution < 1.29 is 8.78 Å². The van der Waals surface area contributed by atoms with Crippen LogP contribution in [0.4, 0.5) is 20.4 Å². The van der Waals surface area contributed by atoms with E-state index >= 15 is 0 Å². The van der Waals surface area contributed by atoms with Gasteiger partial charge in [-0.2, -0.15) is 4.98 Å². The Kier molecular flexibility index (Phi) is 4.54. The lowest BCUT2D eigenvalue weighted by Crippen LogP contribution is -2.17. The van der Waals surface area contributed by atoms with Crippen LogP contribution in [0.3, 0.4) is 0 Å². The second-order valence-corrected chi connectivity index (χ2v) is 7.40. The summed E-state index contributed by atoms with van der Waals surface area (Å²) in [5, 5.41) is 7.64. The molecule has 30 heavy (non-hydrogen) atoms. The number of anilines is 2. The molecule has 4 aromatic rings. The number of rotatable bonds is 4. The van der Waals surface area contributed by atoms with Crippen molar-refractivity contribution in [1.29, 1.82) is 0 Å². The first-order valence-electron chi connectivity index (χ1n) is 9.85. The molecule has 3 heterocycles. The van der Waals surface area contributed by atoms with Crippen LogP contribution in [-0.4, -0.2) is 24.3 Å². The third-order valence-corrected chi connectivity index (χ3v) is 5.44. The normalized spacial score (nSPS) is 15.8. The van der Waals surface area contributed by atoms with Crippen molar-refractivity contribution in [3.8, 4) is 5.69 Å². The third kappa shape index (κ3) is 3.34. The fourth-order valence-corrected chi connectivity index (χ4v) is 3.96. The van der Waals surface area contributed by atoms with E-state index in [0.717, 1.165) is 30.8 Å². The zero-order valence-electron chi connectivity index (χ0n) is 16.4. The summed E-state index contributed by atoms with van der Waals surface area (Å²) in [6.45, 7) is 2.59. The molecule has 152 valence electrons. The first-order chi connectivity index (χ1) is 14.6. The van der Waals surface area contributed by atoms with Gasteiger partial charge in [0.15, 0.2) is 0 Å². The van der Waals surface area contributed by atoms with Gasteiger partial charge in [0.25, 0.3) is 0 Å². The minimum atomic E-state index is -0.366. The van der Waals surface area contributed by atoms with Crippen LogP contribution in [0.25, 0.3) is 5.69 Å². The molecule has 0 unspecified atom stereocenters. The summed E-state index contributed by atoms with van der Waals surface area (Å²) in [5.74, 6) is 1.41. The molecule has 1 aliphatic rings. The van der Waals surface area contributed by atoms with Gasteiger partial charge in [0.05, 0.1) is 5.69 Å². The van der Waals surface area contributed by atoms with Crippen molar-refractivity contribution in [3.63, 3.8) is 0 Å². The summed E-state index contributed by atoms with van der Waals surface area (Å²) in [6.07, 6.45) is 5.25. The second-order valence-electron chi connectivity index (χ2n) is 7.40. The van der Waals surface area contributed by atoms with Crippen molar-refractivity contribution in [1.82, 2.24) is 24.3 Å². The smallest absolute Gasteiger partial charge is 0.246 e. The molecule has 1 aliphatic heterocycles. The Morgan fingerprint density at radius 3 is 2.67 bits per heavy atom. The van der Waals surface area contributed by atoms with Gasteiger partial charge in [0, 0.05) is 30.5 Å². The van der Waals surface area contributed by atoms with Crippen LogP contribution >= 0.6 is 0 Å². The van der Waals surface area contributed by atoms with Gasteiger partial charge in [0.1, 0.15) is 23.3 Å². The lowest BCUT2D eigenvalue weighted by molar-refractivity contribution is 0.446. The van der Waals surface area contributed by atoms with Crippen LogP contribution in [0.15, 0.2) is 54.9 Å². The maximum Gasteiger partial charge on any atom is 0.246 e. The van der Waals surface area contributed by atoms with Crippen molar-refractivity contribution in [2.45, 2.75) is 32.2 Å². The molecular weight excluding hydrogens is 386 g/mol. The average molecular weight is 406 g/mol. The molecule has 1 atom stereocenters. The Bertz CT molecular complexity index is 1190. The highest BCUT2D eigenvalue weighted by atomic mass is 19.1. The largest absolute Gasteiger partial charge is 0.323 e. The summed E-state index contributed by atoms with van der Waals surface area (Å²) in [6, 6.07) is 11.4. The number of fused-ring (bicyclic) bond motifs is 1. The summed E-state index contributed by atoms with van der Waals surface area (Å²) >= 11 is 0. The fourth-order valence-electron chi connectivity index (χ4n) is 3.96. The Hall–Kier alpha value is -3.55. The van der Waals surface area contributed by atoms with Crippen LogP contribution in [0.1, 0.15) is 36.0 Å². The molecule has 0 spiro atoms. The second kappa shape index (κ2) is 7.37. The molecule has 0 saturated heterocycles. The number of nitrogens with one attached hydrogen (secondary N) is 1. The van der Waals surface area contributed by atoms with E-state index in [-0.39, 0.29) is 17.6 Å². The molecule has 6 nitrogen and oxygen atoms in total. The monoisotopic (exact) mass is 406 g/mol. The van der Waals surface area contributed by atoms with E-state index in [1.165, 1.54) is 18.2 Å². The third-order valence-electron chi connectivity index (χ3n) is 5.44. The number of nitrogens with zero attached hydrogens (tertiary/aromatic N) is 5. The predicted molar refractivity (Wildman–Crippen MR) is 109 cm³/mol. The van der Waals surface area contributed by atoms with Gasteiger partial charge >= 0.3 is 0 Å². The van der Waals surface area contributed by atoms with Crippen molar-refractivity contribution in [3.05, 3.63) is 83.7 Å². The number of imidazole rings is 1. The summed E-state index contributed by atoms with van der Waals surface area (Å²) < 4.78 is 31.5. The maximum absolute atomic E-state index is 14.7. The molecule has 2 aromatic heterocycles. The molecular formula is C22H20F2N6. The molecule has 0 radical (unpaired) electrons. The van der Waals surface area contributed by atoms with Gasteiger partial charge in [-0.25, -0.2) is 18.4 Å². The van der Waals surface area contributed by atoms with Crippen molar-refractivity contribution in [2.75, 3.05) is 5.32 Å². The van der Waals surface area contributed by atoms with Crippen molar-refractivity contribution >= 4 is 11.6 Å². The lowest BCUT2D eigenvalue weighted by atomic mass is 9.91. The number of aryl methyl sites for hydroxylation is 2. The van der Waals surface area contributed by atoms with Gasteiger partial charge in [0.2, 0.25) is 5.95 Å². The number of halogens is 2. The minimum Gasteiger partial charge on any atom is -0.323 e. The van der Waals surface area contributed by atoms with Crippen LogP contribution < -0.4 is 5.32 Å². The molecule has 0 bridgehead atoms. The number of hydrogen-bond acceptors (Lipinski definition) is 4. The van der Waals surface area contributed by atoms with Gasteiger partial charge in [-0.3, -0.25) is 0 Å². The molecule has 0 fully saturated rings.